The van der Waals surface area contributed by atoms with Crippen LogP contribution in [0.5, 0.6) is 0 Å². The van der Waals surface area contributed by atoms with Crippen LogP contribution in [0.15, 0.2) is 22.7 Å². The van der Waals surface area contributed by atoms with Gasteiger partial charge in [-0.05, 0) is 34.1 Å². The van der Waals surface area contributed by atoms with Crippen LogP contribution in [0.4, 0.5) is 0 Å². The number of ether oxygens (including phenoxy) is 1. The number of amides is 1. The summed E-state index contributed by atoms with van der Waals surface area (Å²) in [6.07, 6.45) is -0.372. The fraction of sp³-hybridized carbons (Fsp3) is 0.333. The smallest absolute Gasteiger partial charge is 0.254 e. The summed E-state index contributed by atoms with van der Waals surface area (Å²) in [7, 11) is 0. The molecule has 1 aromatic carbocycles. The van der Waals surface area contributed by atoms with Crippen molar-refractivity contribution in [1.29, 1.82) is 0 Å². The third-order valence-corrected chi connectivity index (χ3v) is 4.31. The minimum Gasteiger partial charge on any atom is -0.391 e. The summed E-state index contributed by atoms with van der Waals surface area (Å²) in [5.74, 6) is -0.0816. The first kappa shape index (κ1) is 14.7. The van der Waals surface area contributed by atoms with Crippen LogP contribution in [-0.2, 0) is 4.74 Å². The zero-order valence-electron chi connectivity index (χ0n) is 9.94. The fourth-order valence-electron chi connectivity index (χ4n) is 1.82. The predicted molar refractivity (Wildman–Crippen MR) is 81.6 cm³/mol. The zero-order valence-corrected chi connectivity index (χ0v) is 13.1. The van der Waals surface area contributed by atoms with Crippen molar-refractivity contribution in [2.75, 3.05) is 19.7 Å². The van der Waals surface area contributed by atoms with E-state index < -0.39 is 0 Å². The van der Waals surface area contributed by atoms with Crippen LogP contribution >= 0.6 is 39.7 Å². The number of morpholine rings is 1. The average Bonchev–Trinajstić information content (AvgIpc) is 2.41. The second kappa shape index (κ2) is 6.17. The van der Waals surface area contributed by atoms with E-state index in [0.29, 0.717) is 34.8 Å². The van der Waals surface area contributed by atoms with E-state index in [4.69, 9.17) is 34.3 Å². The largest absolute Gasteiger partial charge is 0.391 e. The maximum atomic E-state index is 12.4. The maximum absolute atomic E-state index is 12.4. The van der Waals surface area contributed by atoms with Gasteiger partial charge in [0.1, 0.15) is 11.1 Å². The summed E-state index contributed by atoms with van der Waals surface area (Å²) in [6, 6.07) is 5.08. The highest BCUT2D eigenvalue weighted by atomic mass is 79.9. The van der Waals surface area contributed by atoms with Crippen molar-refractivity contribution in [3.05, 3.63) is 33.3 Å². The first-order valence-electron chi connectivity index (χ1n) is 5.64. The first-order valence-corrected chi connectivity index (χ1v) is 7.22. The van der Waals surface area contributed by atoms with Gasteiger partial charge >= 0.3 is 0 Å². The third-order valence-electron chi connectivity index (χ3n) is 2.84. The van der Waals surface area contributed by atoms with E-state index in [-0.39, 0.29) is 17.0 Å². The number of benzene rings is 1. The van der Waals surface area contributed by atoms with Crippen molar-refractivity contribution < 1.29 is 9.53 Å². The minimum atomic E-state index is -0.372. The van der Waals surface area contributed by atoms with Crippen molar-refractivity contribution in [3.63, 3.8) is 0 Å². The van der Waals surface area contributed by atoms with Crippen LogP contribution in [0.2, 0.25) is 5.02 Å². The van der Waals surface area contributed by atoms with Gasteiger partial charge in [0.05, 0.1) is 18.2 Å². The van der Waals surface area contributed by atoms with Crippen LogP contribution in [-0.4, -0.2) is 41.6 Å². The SMILES string of the molecule is NC(=S)C1CN(C(=O)c2ccc(Cl)c(Br)c2)CCO1. The molecule has 1 aliphatic rings. The lowest BCUT2D eigenvalue weighted by Gasteiger charge is -2.32. The van der Waals surface area contributed by atoms with Gasteiger partial charge in [-0.25, -0.2) is 0 Å². The van der Waals surface area contributed by atoms with E-state index in [1.54, 1.807) is 23.1 Å². The molecule has 0 aliphatic carbocycles. The Morgan fingerprint density at radius 1 is 1.58 bits per heavy atom. The Labute approximate surface area is 130 Å². The van der Waals surface area contributed by atoms with Crippen molar-refractivity contribution >= 4 is 50.6 Å². The van der Waals surface area contributed by atoms with E-state index in [9.17, 15) is 4.79 Å². The number of hydrogen-bond acceptors (Lipinski definition) is 3. The van der Waals surface area contributed by atoms with Crippen LogP contribution in [0.3, 0.4) is 0 Å². The molecular weight excluding hydrogens is 352 g/mol. The molecule has 2 rings (SSSR count). The highest BCUT2D eigenvalue weighted by molar-refractivity contribution is 9.10. The second-order valence-electron chi connectivity index (χ2n) is 4.14. The Morgan fingerprint density at radius 2 is 2.32 bits per heavy atom. The number of thiocarbonyl (C=S) groups is 1. The molecule has 0 spiro atoms. The van der Waals surface area contributed by atoms with Gasteiger partial charge in [-0.15, -0.1) is 0 Å². The Balaban J connectivity index is 2.14. The number of nitrogens with two attached hydrogens (primary N) is 1. The molecule has 0 saturated carbocycles. The Bertz CT molecular complexity index is 526. The quantitative estimate of drug-likeness (QED) is 0.819. The molecule has 1 fully saturated rings. The minimum absolute atomic E-state index is 0.0816. The normalized spacial score (nSPS) is 19.3. The van der Waals surface area contributed by atoms with Crippen molar-refractivity contribution in [1.82, 2.24) is 4.90 Å². The number of carbonyl (C=O) groups is 1. The molecule has 19 heavy (non-hydrogen) atoms. The Hall–Kier alpha value is -0.690. The van der Waals surface area contributed by atoms with Crippen molar-refractivity contribution in [2.45, 2.75) is 6.10 Å². The van der Waals surface area contributed by atoms with Gasteiger partial charge in [-0.3, -0.25) is 4.79 Å². The number of rotatable bonds is 2. The average molecular weight is 364 g/mol. The number of nitrogens with zero attached hydrogens (tertiary/aromatic N) is 1. The molecule has 1 atom stereocenters. The van der Waals surface area contributed by atoms with Crippen LogP contribution < -0.4 is 5.73 Å². The van der Waals surface area contributed by atoms with E-state index in [1.807, 2.05) is 0 Å². The Morgan fingerprint density at radius 3 is 2.95 bits per heavy atom. The molecule has 1 saturated heterocycles. The van der Waals surface area contributed by atoms with Gasteiger partial charge in [-0.2, -0.15) is 0 Å². The molecule has 1 amide bonds. The van der Waals surface area contributed by atoms with Gasteiger partial charge in [0.15, 0.2) is 0 Å². The monoisotopic (exact) mass is 362 g/mol. The molecular formula is C12H12BrClN2O2S. The van der Waals surface area contributed by atoms with E-state index in [2.05, 4.69) is 15.9 Å². The molecule has 1 aliphatic heterocycles. The molecule has 1 heterocycles. The second-order valence-corrected chi connectivity index (χ2v) is 5.87. The molecule has 102 valence electrons. The Kier molecular flexibility index (Phi) is 4.78. The van der Waals surface area contributed by atoms with Gasteiger partial charge in [0, 0.05) is 16.6 Å². The highest BCUT2D eigenvalue weighted by Gasteiger charge is 2.26. The maximum Gasteiger partial charge on any atom is 0.254 e. The predicted octanol–water partition coefficient (Wildman–Crippen LogP) is 2.23. The van der Waals surface area contributed by atoms with Crippen LogP contribution in [0.1, 0.15) is 10.4 Å². The summed E-state index contributed by atoms with van der Waals surface area (Å²) >= 11 is 14.1. The summed E-state index contributed by atoms with van der Waals surface area (Å²) in [4.78, 5) is 14.3. The first-order chi connectivity index (χ1) is 8.99. The highest BCUT2D eigenvalue weighted by Crippen LogP contribution is 2.24. The zero-order chi connectivity index (χ0) is 14.0. The van der Waals surface area contributed by atoms with Crippen molar-refractivity contribution in [3.8, 4) is 0 Å². The summed E-state index contributed by atoms with van der Waals surface area (Å²) in [6.45, 7) is 1.34. The lowest BCUT2D eigenvalue weighted by Crippen LogP contribution is -2.49. The van der Waals surface area contributed by atoms with E-state index in [1.165, 1.54) is 0 Å². The van der Waals surface area contributed by atoms with Gasteiger partial charge in [0.2, 0.25) is 0 Å². The third kappa shape index (κ3) is 3.45. The van der Waals surface area contributed by atoms with Crippen molar-refractivity contribution in [2.24, 2.45) is 5.73 Å². The van der Waals surface area contributed by atoms with E-state index >= 15 is 0 Å². The topological polar surface area (TPSA) is 55.6 Å². The van der Waals surface area contributed by atoms with Crippen LogP contribution in [0, 0.1) is 0 Å². The van der Waals surface area contributed by atoms with Crippen LogP contribution in [0.25, 0.3) is 0 Å². The fourth-order valence-corrected chi connectivity index (χ4v) is 2.46. The van der Waals surface area contributed by atoms with Gasteiger partial charge in [0.25, 0.3) is 5.91 Å². The molecule has 4 nitrogen and oxygen atoms in total. The van der Waals surface area contributed by atoms with E-state index in [0.717, 1.165) is 0 Å². The molecule has 7 heteroatoms. The lowest BCUT2D eigenvalue weighted by molar-refractivity contribution is 0.00878. The number of carbonyl (C=O) groups excluding carboxylic acids is 1. The number of hydrogen-bond donors (Lipinski definition) is 1. The summed E-state index contributed by atoms with van der Waals surface area (Å²) in [5, 5.41) is 0.569. The molecule has 1 unspecified atom stereocenters. The molecule has 0 aromatic heterocycles. The number of halogens is 2. The molecule has 0 radical (unpaired) electrons. The summed E-state index contributed by atoms with van der Waals surface area (Å²) < 4.78 is 6.10. The summed E-state index contributed by atoms with van der Waals surface area (Å²) in [5.41, 5.74) is 6.13. The lowest BCUT2D eigenvalue weighted by atomic mass is 10.1. The molecule has 2 N–H and O–H groups in total. The molecule has 1 aromatic rings. The van der Waals surface area contributed by atoms with Gasteiger partial charge < -0.3 is 15.4 Å². The van der Waals surface area contributed by atoms with Gasteiger partial charge in [-0.1, -0.05) is 23.8 Å². The standard InChI is InChI=1S/C12H12BrClN2O2S/c13-8-5-7(1-2-9(8)14)12(17)16-3-4-18-10(6-16)11(15)19/h1-2,5,10H,3-4,6H2,(H2,15,19). The molecule has 0 bridgehead atoms.